The maximum Gasteiger partial charge on any atom is 0.365 e. The van der Waals surface area contributed by atoms with E-state index in [9.17, 15) is 14.7 Å². The van der Waals surface area contributed by atoms with Crippen LogP contribution >= 0.6 is 11.8 Å². The molecule has 0 radical (unpaired) electrons. The largest absolute Gasteiger partial charge is 0.473 e. The van der Waals surface area contributed by atoms with Crippen LogP contribution in [-0.2, 0) is 4.79 Å². The Balaban J connectivity index is 1.42. The summed E-state index contributed by atoms with van der Waals surface area (Å²) in [5.74, 6) is 3.22. The summed E-state index contributed by atoms with van der Waals surface area (Å²) < 4.78 is 0. The molecule has 30 heavy (non-hydrogen) atoms. The van der Waals surface area contributed by atoms with Gasteiger partial charge < -0.3 is 5.11 Å². The zero-order chi connectivity index (χ0) is 21.1. The summed E-state index contributed by atoms with van der Waals surface area (Å²) in [7, 11) is 0. The van der Waals surface area contributed by atoms with Gasteiger partial charge in [0.05, 0.1) is 5.25 Å². The van der Waals surface area contributed by atoms with Crippen LogP contribution in [0.4, 0.5) is 4.79 Å². The summed E-state index contributed by atoms with van der Waals surface area (Å²) in [6, 6.07) is 6.34. The monoisotopic (exact) mass is 427 g/mol. The molecule has 4 saturated carbocycles. The normalized spacial score (nSPS) is 45.3. The molecule has 3 unspecified atom stereocenters. The van der Waals surface area contributed by atoms with E-state index in [0.29, 0.717) is 35.5 Å². The predicted octanol–water partition coefficient (Wildman–Crippen LogP) is 6.17. The van der Waals surface area contributed by atoms with Crippen molar-refractivity contribution >= 4 is 22.8 Å². The van der Waals surface area contributed by atoms with E-state index in [2.05, 4.69) is 26.0 Å². The standard InChI is InChI=1S/C25H33NO3S/c1-24-11-10-18-16(17(24)8-9-19(24)20-5-3-4-12-26-20)7-6-15-13-21(27)22(30-23(28)29)14-25(15,18)2/h3-5,12,15-19,22H,6-11,13-14H2,1-2H3,(H,28,29)/t15?,16-,17-,18+,19?,22?,24-,25-/m0/s1. The lowest BCUT2D eigenvalue weighted by Gasteiger charge is -2.60. The van der Waals surface area contributed by atoms with Gasteiger partial charge >= 0.3 is 5.30 Å². The van der Waals surface area contributed by atoms with E-state index in [-0.39, 0.29) is 16.4 Å². The number of carbonyl (C=O) groups is 2. The van der Waals surface area contributed by atoms with Gasteiger partial charge in [-0.25, -0.2) is 4.79 Å². The molecular weight excluding hydrogens is 394 g/mol. The van der Waals surface area contributed by atoms with Crippen molar-refractivity contribution in [3.63, 3.8) is 0 Å². The van der Waals surface area contributed by atoms with Gasteiger partial charge in [-0.3, -0.25) is 9.78 Å². The van der Waals surface area contributed by atoms with Gasteiger partial charge in [0.25, 0.3) is 0 Å². The number of carboxylic acid groups (broad SMARTS) is 1. The Hall–Kier alpha value is -1.36. The molecule has 4 fully saturated rings. The highest BCUT2D eigenvalue weighted by Crippen LogP contribution is 2.69. The molecule has 0 spiro atoms. The highest BCUT2D eigenvalue weighted by Gasteiger charge is 2.61. The fraction of sp³-hybridized carbons (Fsp3) is 0.720. The Kier molecular flexibility index (Phi) is 5.04. The Morgan fingerprint density at radius 1 is 1.10 bits per heavy atom. The fourth-order valence-corrected chi connectivity index (χ4v) is 9.29. The van der Waals surface area contributed by atoms with Crippen LogP contribution in [0.3, 0.4) is 0 Å². The van der Waals surface area contributed by atoms with Gasteiger partial charge in [0.2, 0.25) is 0 Å². The molecule has 0 saturated heterocycles. The first kappa shape index (κ1) is 20.5. The van der Waals surface area contributed by atoms with Crippen LogP contribution in [0.5, 0.6) is 0 Å². The molecule has 1 aromatic rings. The third kappa shape index (κ3) is 3.06. The van der Waals surface area contributed by atoms with Crippen LogP contribution < -0.4 is 0 Å². The molecule has 0 amide bonds. The molecule has 162 valence electrons. The molecule has 1 aromatic heterocycles. The van der Waals surface area contributed by atoms with Gasteiger partial charge in [0.15, 0.2) is 0 Å². The van der Waals surface area contributed by atoms with Crippen LogP contribution in [0.25, 0.3) is 0 Å². The van der Waals surface area contributed by atoms with E-state index < -0.39 is 5.30 Å². The van der Waals surface area contributed by atoms with E-state index in [4.69, 9.17) is 4.98 Å². The second kappa shape index (κ2) is 7.36. The van der Waals surface area contributed by atoms with Crippen molar-refractivity contribution in [2.75, 3.05) is 0 Å². The average molecular weight is 428 g/mol. The molecule has 0 aliphatic heterocycles. The van der Waals surface area contributed by atoms with Crippen molar-refractivity contribution in [3.8, 4) is 0 Å². The van der Waals surface area contributed by atoms with Crippen molar-refractivity contribution in [1.82, 2.24) is 4.98 Å². The third-order valence-electron chi connectivity index (χ3n) is 9.79. The number of nitrogens with zero attached hydrogens (tertiary/aromatic N) is 1. The number of hydrogen-bond acceptors (Lipinski definition) is 4. The molecule has 4 aliphatic carbocycles. The number of ketones is 1. The van der Waals surface area contributed by atoms with Crippen LogP contribution in [0.15, 0.2) is 24.4 Å². The molecule has 8 atom stereocenters. The number of aromatic nitrogens is 1. The van der Waals surface area contributed by atoms with Gasteiger partial charge in [-0.15, -0.1) is 0 Å². The number of thioether (sulfide) groups is 1. The highest BCUT2D eigenvalue weighted by molar-refractivity contribution is 8.14. The first-order valence-corrected chi connectivity index (χ1v) is 12.5. The van der Waals surface area contributed by atoms with Gasteiger partial charge in [-0.2, -0.15) is 0 Å². The minimum atomic E-state index is -0.909. The number of carbonyl (C=O) groups excluding carboxylic acids is 1. The maximum atomic E-state index is 12.6. The molecule has 4 nitrogen and oxygen atoms in total. The second-order valence-corrected chi connectivity index (χ2v) is 12.0. The van der Waals surface area contributed by atoms with Crippen molar-refractivity contribution in [2.24, 2.45) is 34.5 Å². The second-order valence-electron chi connectivity index (χ2n) is 10.8. The summed E-state index contributed by atoms with van der Waals surface area (Å²) in [5, 5.41) is 8.03. The lowest BCUT2D eigenvalue weighted by atomic mass is 9.44. The van der Waals surface area contributed by atoms with Crippen LogP contribution in [0.1, 0.15) is 76.8 Å². The first-order chi connectivity index (χ1) is 14.3. The topological polar surface area (TPSA) is 67.3 Å². The molecule has 1 N–H and O–H groups in total. The predicted molar refractivity (Wildman–Crippen MR) is 118 cm³/mol. The van der Waals surface area contributed by atoms with Gasteiger partial charge in [0.1, 0.15) is 5.78 Å². The number of Topliss-reactive ketones (excluding diaryl/α,β-unsaturated/α-hetero) is 1. The Labute approximate surface area is 183 Å². The van der Waals surface area contributed by atoms with E-state index in [0.717, 1.165) is 30.5 Å². The Morgan fingerprint density at radius 2 is 1.90 bits per heavy atom. The van der Waals surface area contributed by atoms with Crippen molar-refractivity contribution in [1.29, 1.82) is 0 Å². The number of pyridine rings is 1. The van der Waals surface area contributed by atoms with E-state index >= 15 is 0 Å². The summed E-state index contributed by atoms with van der Waals surface area (Å²) in [4.78, 5) is 28.7. The van der Waals surface area contributed by atoms with Gasteiger partial charge in [-0.05, 0) is 103 Å². The lowest BCUT2D eigenvalue weighted by Crippen LogP contribution is -2.55. The first-order valence-electron chi connectivity index (χ1n) is 11.7. The molecule has 4 aliphatic rings. The van der Waals surface area contributed by atoms with Crippen LogP contribution in [-0.4, -0.2) is 26.4 Å². The van der Waals surface area contributed by atoms with Crippen molar-refractivity contribution in [2.45, 2.75) is 76.4 Å². The smallest absolute Gasteiger partial charge is 0.365 e. The number of hydrogen-bond donors (Lipinski definition) is 1. The lowest BCUT2D eigenvalue weighted by molar-refractivity contribution is -0.137. The summed E-state index contributed by atoms with van der Waals surface area (Å²) in [6.45, 7) is 4.91. The molecular formula is C25H33NO3S. The molecule has 0 bridgehead atoms. The fourth-order valence-electron chi connectivity index (χ4n) is 8.37. The number of fused-ring (bicyclic) bond motifs is 5. The van der Waals surface area contributed by atoms with Gasteiger partial charge in [-0.1, -0.05) is 19.9 Å². The summed E-state index contributed by atoms with van der Waals surface area (Å²) in [5.41, 5.74) is 1.69. The van der Waals surface area contributed by atoms with Crippen LogP contribution in [0.2, 0.25) is 0 Å². The molecule has 1 heterocycles. The number of rotatable bonds is 2. The minimum absolute atomic E-state index is 0.106. The highest BCUT2D eigenvalue weighted by atomic mass is 32.2. The van der Waals surface area contributed by atoms with Gasteiger partial charge in [0, 0.05) is 24.2 Å². The molecule has 0 aromatic carbocycles. The Morgan fingerprint density at radius 3 is 2.63 bits per heavy atom. The quantitative estimate of drug-likeness (QED) is 0.611. The summed E-state index contributed by atoms with van der Waals surface area (Å²) in [6.07, 6.45) is 10.6. The zero-order valence-corrected chi connectivity index (χ0v) is 18.9. The minimum Gasteiger partial charge on any atom is -0.473 e. The maximum absolute atomic E-state index is 12.6. The van der Waals surface area contributed by atoms with E-state index in [1.54, 1.807) is 0 Å². The Bertz CT molecular complexity index is 844. The zero-order valence-electron chi connectivity index (χ0n) is 18.0. The molecule has 5 heteroatoms. The van der Waals surface area contributed by atoms with E-state index in [1.807, 2.05) is 12.3 Å². The average Bonchev–Trinajstić information content (AvgIpc) is 3.06. The van der Waals surface area contributed by atoms with Crippen LogP contribution in [0, 0.1) is 34.5 Å². The van der Waals surface area contributed by atoms with Crippen molar-refractivity contribution in [3.05, 3.63) is 30.1 Å². The van der Waals surface area contributed by atoms with Crippen molar-refractivity contribution < 1.29 is 14.7 Å². The molecule has 5 rings (SSSR count). The third-order valence-corrected chi connectivity index (χ3v) is 10.7. The van der Waals surface area contributed by atoms with E-state index in [1.165, 1.54) is 37.8 Å². The summed E-state index contributed by atoms with van der Waals surface area (Å²) >= 11 is 0.852. The SMILES string of the molecule is C[C@]12CC(SC(=O)O)C(=O)CC1CC[C@@H]1[C@H]2CC[C@]2(C)C(c3ccccn3)CC[C@@H]12.